The predicted molar refractivity (Wildman–Crippen MR) is 61.5 cm³/mol. The summed E-state index contributed by atoms with van der Waals surface area (Å²) < 4.78 is 27.7. The second-order valence-corrected chi connectivity index (χ2v) is 6.18. The Hall–Kier alpha value is -0.880. The number of aromatic nitrogens is 2. The third-order valence-corrected chi connectivity index (χ3v) is 4.48. The van der Waals surface area contributed by atoms with Gasteiger partial charge in [-0.25, -0.2) is 13.1 Å². The van der Waals surface area contributed by atoms with Crippen molar-refractivity contribution in [1.82, 2.24) is 14.5 Å². The van der Waals surface area contributed by atoms with Crippen molar-refractivity contribution in [2.24, 2.45) is 7.05 Å². The van der Waals surface area contributed by atoms with Crippen molar-refractivity contribution in [2.75, 3.05) is 5.75 Å². The summed E-state index contributed by atoms with van der Waals surface area (Å²) in [7, 11) is -1.24. The van der Waals surface area contributed by atoms with Crippen molar-refractivity contribution in [3.05, 3.63) is 17.5 Å². The molecule has 90 valence electrons. The monoisotopic (exact) mass is 243 g/mol. The standard InChI is InChI=1S/C10H17N3O2S/c1-3-16(14,15)12-9-5-4-6-10-8(9)7-11-13(10)2/h7,9,12H,3-6H2,1-2H3/t9-/m0/s1. The molecule has 1 heterocycles. The Morgan fingerprint density at radius 1 is 1.62 bits per heavy atom. The smallest absolute Gasteiger partial charge is 0.211 e. The Bertz CT molecular complexity index is 478. The Labute approximate surface area is 95.9 Å². The van der Waals surface area contributed by atoms with E-state index in [9.17, 15) is 8.42 Å². The highest BCUT2D eigenvalue weighted by atomic mass is 32.2. The first-order valence-electron chi connectivity index (χ1n) is 5.54. The van der Waals surface area contributed by atoms with Crippen LogP contribution in [-0.2, 0) is 23.5 Å². The molecule has 16 heavy (non-hydrogen) atoms. The molecule has 6 heteroatoms. The van der Waals surface area contributed by atoms with Gasteiger partial charge in [-0.05, 0) is 26.2 Å². The normalized spacial score (nSPS) is 20.8. The van der Waals surface area contributed by atoms with Crippen LogP contribution in [0.5, 0.6) is 0 Å². The molecule has 1 aliphatic rings. The van der Waals surface area contributed by atoms with E-state index in [2.05, 4.69) is 9.82 Å². The van der Waals surface area contributed by atoms with Gasteiger partial charge in [0, 0.05) is 18.3 Å². The van der Waals surface area contributed by atoms with Crippen LogP contribution in [0.1, 0.15) is 37.1 Å². The van der Waals surface area contributed by atoms with E-state index in [0.29, 0.717) is 0 Å². The zero-order valence-corrected chi connectivity index (χ0v) is 10.4. The van der Waals surface area contributed by atoms with Gasteiger partial charge in [-0.15, -0.1) is 0 Å². The fourth-order valence-corrected chi connectivity index (χ4v) is 2.97. The number of nitrogens with zero attached hydrogens (tertiary/aromatic N) is 2. The second kappa shape index (κ2) is 4.18. The molecule has 0 radical (unpaired) electrons. The van der Waals surface area contributed by atoms with Gasteiger partial charge in [0.05, 0.1) is 18.0 Å². The summed E-state index contributed by atoms with van der Waals surface area (Å²) in [6, 6.07) is -0.0950. The van der Waals surface area contributed by atoms with E-state index < -0.39 is 10.0 Å². The fourth-order valence-electron chi connectivity index (χ4n) is 2.13. The molecule has 0 bridgehead atoms. The van der Waals surface area contributed by atoms with E-state index in [4.69, 9.17) is 0 Å². The predicted octanol–water partition coefficient (Wildman–Crippen LogP) is 0.737. The summed E-state index contributed by atoms with van der Waals surface area (Å²) in [5, 5.41) is 4.19. The summed E-state index contributed by atoms with van der Waals surface area (Å²) in [5.41, 5.74) is 2.18. The van der Waals surface area contributed by atoms with Crippen LogP contribution in [0.15, 0.2) is 6.20 Å². The third-order valence-electron chi connectivity index (χ3n) is 3.08. The maximum absolute atomic E-state index is 11.5. The Kier molecular flexibility index (Phi) is 3.03. The number of sulfonamides is 1. The van der Waals surface area contributed by atoms with Crippen LogP contribution < -0.4 is 4.72 Å². The number of hydrogen-bond donors (Lipinski definition) is 1. The van der Waals surface area contributed by atoms with E-state index in [0.717, 1.165) is 30.5 Å². The maximum atomic E-state index is 11.5. The first kappa shape index (κ1) is 11.6. The van der Waals surface area contributed by atoms with Crippen molar-refractivity contribution >= 4 is 10.0 Å². The number of hydrogen-bond acceptors (Lipinski definition) is 3. The second-order valence-electron chi connectivity index (χ2n) is 4.14. The highest BCUT2D eigenvalue weighted by Crippen LogP contribution is 2.29. The molecule has 5 nitrogen and oxygen atoms in total. The van der Waals surface area contributed by atoms with E-state index in [1.165, 1.54) is 0 Å². The van der Waals surface area contributed by atoms with Gasteiger partial charge >= 0.3 is 0 Å². The molecule has 0 saturated heterocycles. The SMILES string of the molecule is CCS(=O)(=O)N[C@H]1CCCc2c1cnn2C. The lowest BCUT2D eigenvalue weighted by Gasteiger charge is -2.23. The molecule has 0 fully saturated rings. The lowest BCUT2D eigenvalue weighted by molar-refractivity contribution is 0.498. The van der Waals surface area contributed by atoms with Crippen molar-refractivity contribution < 1.29 is 8.42 Å². The van der Waals surface area contributed by atoms with Gasteiger partial charge in [-0.2, -0.15) is 5.10 Å². The minimum absolute atomic E-state index is 0.0950. The van der Waals surface area contributed by atoms with Crippen LogP contribution in [0.25, 0.3) is 0 Å². The largest absolute Gasteiger partial charge is 0.272 e. The molecular weight excluding hydrogens is 226 g/mol. The first-order valence-corrected chi connectivity index (χ1v) is 7.19. The lowest BCUT2D eigenvalue weighted by atomic mass is 9.94. The van der Waals surface area contributed by atoms with E-state index in [-0.39, 0.29) is 11.8 Å². The number of aryl methyl sites for hydroxylation is 1. The van der Waals surface area contributed by atoms with Gasteiger partial charge in [0.15, 0.2) is 0 Å². The molecule has 1 atom stereocenters. The molecule has 0 aliphatic heterocycles. The van der Waals surface area contributed by atoms with Gasteiger partial charge < -0.3 is 0 Å². The summed E-state index contributed by atoms with van der Waals surface area (Å²) in [6.45, 7) is 1.65. The zero-order valence-electron chi connectivity index (χ0n) is 9.60. The molecule has 1 N–H and O–H groups in total. The number of nitrogens with one attached hydrogen (secondary N) is 1. The minimum Gasteiger partial charge on any atom is -0.272 e. The van der Waals surface area contributed by atoms with Crippen molar-refractivity contribution in [2.45, 2.75) is 32.2 Å². The molecule has 0 saturated carbocycles. The van der Waals surface area contributed by atoms with Gasteiger partial charge in [-0.1, -0.05) is 0 Å². The van der Waals surface area contributed by atoms with Crippen LogP contribution >= 0.6 is 0 Å². The van der Waals surface area contributed by atoms with Crippen molar-refractivity contribution in [3.8, 4) is 0 Å². The van der Waals surface area contributed by atoms with Crippen molar-refractivity contribution in [3.63, 3.8) is 0 Å². The van der Waals surface area contributed by atoms with Crippen LogP contribution in [-0.4, -0.2) is 24.0 Å². The summed E-state index contributed by atoms with van der Waals surface area (Å²) >= 11 is 0. The molecule has 1 aromatic heterocycles. The summed E-state index contributed by atoms with van der Waals surface area (Å²) in [6.07, 6.45) is 4.62. The Morgan fingerprint density at radius 3 is 3.06 bits per heavy atom. The summed E-state index contributed by atoms with van der Waals surface area (Å²) in [5.74, 6) is 0.124. The molecule has 0 amide bonds. The van der Waals surface area contributed by atoms with Gasteiger partial charge in [0.2, 0.25) is 10.0 Å². The van der Waals surface area contributed by atoms with Crippen molar-refractivity contribution in [1.29, 1.82) is 0 Å². The fraction of sp³-hybridized carbons (Fsp3) is 0.700. The Balaban J connectivity index is 2.26. The van der Waals surface area contributed by atoms with Gasteiger partial charge in [-0.3, -0.25) is 4.68 Å². The molecule has 0 aromatic carbocycles. The average Bonchev–Trinajstić information content (AvgIpc) is 2.62. The highest BCUT2D eigenvalue weighted by molar-refractivity contribution is 7.89. The van der Waals surface area contributed by atoms with Gasteiger partial charge in [0.1, 0.15) is 0 Å². The maximum Gasteiger partial charge on any atom is 0.211 e. The molecule has 0 spiro atoms. The van der Waals surface area contributed by atoms with E-state index >= 15 is 0 Å². The van der Waals surface area contributed by atoms with E-state index in [1.54, 1.807) is 13.1 Å². The highest BCUT2D eigenvalue weighted by Gasteiger charge is 2.26. The van der Waals surface area contributed by atoms with E-state index in [1.807, 2.05) is 11.7 Å². The molecule has 2 rings (SSSR count). The van der Waals surface area contributed by atoms with Crippen LogP contribution in [0.3, 0.4) is 0 Å². The van der Waals surface area contributed by atoms with Crippen LogP contribution in [0.4, 0.5) is 0 Å². The number of fused-ring (bicyclic) bond motifs is 1. The average molecular weight is 243 g/mol. The lowest BCUT2D eigenvalue weighted by Crippen LogP contribution is -2.32. The van der Waals surface area contributed by atoms with Crippen LogP contribution in [0.2, 0.25) is 0 Å². The third kappa shape index (κ3) is 2.12. The number of rotatable bonds is 3. The molecular formula is C10H17N3O2S. The zero-order chi connectivity index (χ0) is 11.8. The molecule has 1 aliphatic carbocycles. The Morgan fingerprint density at radius 2 is 2.38 bits per heavy atom. The van der Waals surface area contributed by atoms with Crippen LogP contribution in [0, 0.1) is 0 Å². The quantitative estimate of drug-likeness (QED) is 0.851. The topological polar surface area (TPSA) is 64.0 Å². The summed E-state index contributed by atoms with van der Waals surface area (Å²) in [4.78, 5) is 0. The molecule has 0 unspecified atom stereocenters. The first-order chi connectivity index (χ1) is 7.53. The van der Waals surface area contributed by atoms with Gasteiger partial charge in [0.25, 0.3) is 0 Å². The molecule has 1 aromatic rings. The minimum atomic E-state index is -3.14.